The molecule has 2 aromatic carbocycles. The molecule has 0 spiro atoms. The molecule has 1 atom stereocenters. The van der Waals surface area contributed by atoms with E-state index in [0.717, 1.165) is 18.6 Å². The topological polar surface area (TPSA) is 56.8 Å². The van der Waals surface area contributed by atoms with Gasteiger partial charge in [-0.05, 0) is 49.6 Å². The summed E-state index contributed by atoms with van der Waals surface area (Å²) in [6.45, 7) is 2.33. The lowest BCUT2D eigenvalue weighted by Crippen LogP contribution is -2.37. The number of aryl methyl sites for hydroxylation is 1. The third kappa shape index (κ3) is 5.71. The highest BCUT2D eigenvalue weighted by Gasteiger charge is 2.15. The smallest absolute Gasteiger partial charge is 0.260 e. The summed E-state index contributed by atoms with van der Waals surface area (Å²) in [5.41, 5.74) is 1.22. The summed E-state index contributed by atoms with van der Waals surface area (Å²) in [4.78, 5) is 12.1. The minimum atomic E-state index is -0.586. The second-order valence-electron chi connectivity index (χ2n) is 5.65. The van der Waals surface area contributed by atoms with E-state index in [2.05, 4.69) is 5.32 Å². The molecule has 25 heavy (non-hydrogen) atoms. The van der Waals surface area contributed by atoms with Crippen molar-refractivity contribution < 1.29 is 19.0 Å². The molecule has 5 heteroatoms. The zero-order valence-electron chi connectivity index (χ0n) is 15.0. The van der Waals surface area contributed by atoms with Gasteiger partial charge in [-0.25, -0.2) is 0 Å². The lowest BCUT2D eigenvalue weighted by atomic mass is 10.1. The highest BCUT2D eigenvalue weighted by molar-refractivity contribution is 5.80. The largest absolute Gasteiger partial charge is 0.497 e. The Morgan fingerprint density at radius 3 is 2.32 bits per heavy atom. The van der Waals surface area contributed by atoms with Crippen LogP contribution in [0, 0.1) is 0 Å². The van der Waals surface area contributed by atoms with Gasteiger partial charge in [-0.3, -0.25) is 4.79 Å². The van der Waals surface area contributed by atoms with E-state index < -0.39 is 6.10 Å². The Balaban J connectivity index is 1.73. The lowest BCUT2D eigenvalue weighted by molar-refractivity contribution is -0.127. The minimum absolute atomic E-state index is 0.138. The number of benzene rings is 2. The summed E-state index contributed by atoms with van der Waals surface area (Å²) < 4.78 is 16.1. The number of hydrogen-bond acceptors (Lipinski definition) is 4. The number of amides is 1. The highest BCUT2D eigenvalue weighted by atomic mass is 16.5. The van der Waals surface area contributed by atoms with Crippen LogP contribution in [0.15, 0.2) is 48.5 Å². The quantitative estimate of drug-likeness (QED) is 0.710. The average molecular weight is 343 g/mol. The van der Waals surface area contributed by atoms with Crippen molar-refractivity contribution in [2.24, 2.45) is 0 Å². The summed E-state index contributed by atoms with van der Waals surface area (Å²) in [7, 11) is 3.23. The second-order valence-corrected chi connectivity index (χ2v) is 5.65. The fraction of sp³-hybridized carbons (Fsp3) is 0.350. The van der Waals surface area contributed by atoms with Crippen LogP contribution in [0.5, 0.6) is 17.2 Å². The van der Waals surface area contributed by atoms with Crippen molar-refractivity contribution in [1.82, 2.24) is 5.32 Å². The van der Waals surface area contributed by atoms with Crippen molar-refractivity contribution in [2.45, 2.75) is 25.9 Å². The van der Waals surface area contributed by atoms with E-state index in [-0.39, 0.29) is 5.91 Å². The van der Waals surface area contributed by atoms with E-state index >= 15 is 0 Å². The number of para-hydroxylation sites is 2. The minimum Gasteiger partial charge on any atom is -0.497 e. The van der Waals surface area contributed by atoms with Crippen molar-refractivity contribution in [3.63, 3.8) is 0 Å². The monoisotopic (exact) mass is 343 g/mol. The first kappa shape index (κ1) is 18.6. The molecule has 0 saturated heterocycles. The predicted molar refractivity (Wildman–Crippen MR) is 97.4 cm³/mol. The number of hydrogen-bond donors (Lipinski definition) is 1. The van der Waals surface area contributed by atoms with Crippen molar-refractivity contribution in [3.05, 3.63) is 54.1 Å². The van der Waals surface area contributed by atoms with Gasteiger partial charge in [0.25, 0.3) is 5.91 Å². The van der Waals surface area contributed by atoms with Crippen LogP contribution in [0.1, 0.15) is 18.9 Å². The van der Waals surface area contributed by atoms with Crippen molar-refractivity contribution in [2.75, 3.05) is 20.8 Å². The normalized spacial score (nSPS) is 11.5. The van der Waals surface area contributed by atoms with Gasteiger partial charge in [0, 0.05) is 6.54 Å². The first-order valence-electron chi connectivity index (χ1n) is 8.34. The Morgan fingerprint density at radius 1 is 1.00 bits per heavy atom. The van der Waals surface area contributed by atoms with Crippen LogP contribution < -0.4 is 19.5 Å². The van der Waals surface area contributed by atoms with Crippen LogP contribution in [-0.2, 0) is 11.2 Å². The maximum Gasteiger partial charge on any atom is 0.260 e. The molecule has 134 valence electrons. The van der Waals surface area contributed by atoms with E-state index in [4.69, 9.17) is 14.2 Å². The Labute approximate surface area is 148 Å². The molecule has 0 aliphatic rings. The first-order valence-corrected chi connectivity index (χ1v) is 8.34. The summed E-state index contributed by atoms with van der Waals surface area (Å²) in [6.07, 6.45) is 1.17. The molecule has 0 aromatic heterocycles. The molecule has 5 nitrogen and oxygen atoms in total. The predicted octanol–water partition coefficient (Wildman–Crippen LogP) is 3.22. The Morgan fingerprint density at radius 2 is 1.68 bits per heavy atom. The second kappa shape index (κ2) is 9.57. The molecule has 1 amide bonds. The Bertz CT molecular complexity index is 670. The summed E-state index contributed by atoms with van der Waals surface area (Å²) in [6, 6.07) is 15.2. The fourth-order valence-corrected chi connectivity index (χ4v) is 2.40. The number of carbonyl (C=O) groups is 1. The van der Waals surface area contributed by atoms with Crippen LogP contribution in [0.25, 0.3) is 0 Å². The summed E-state index contributed by atoms with van der Waals surface area (Å²) in [5.74, 6) is 1.88. The van der Waals surface area contributed by atoms with E-state index in [0.29, 0.717) is 18.0 Å². The molecule has 0 aliphatic heterocycles. The molecule has 0 aliphatic carbocycles. The third-order valence-electron chi connectivity index (χ3n) is 3.84. The molecule has 0 saturated carbocycles. The van der Waals surface area contributed by atoms with Gasteiger partial charge in [0.05, 0.1) is 14.2 Å². The van der Waals surface area contributed by atoms with Gasteiger partial charge in [-0.2, -0.15) is 0 Å². The fourth-order valence-electron chi connectivity index (χ4n) is 2.40. The summed E-state index contributed by atoms with van der Waals surface area (Å²) >= 11 is 0. The van der Waals surface area contributed by atoms with E-state index in [1.807, 2.05) is 36.4 Å². The molecule has 2 aromatic rings. The van der Waals surface area contributed by atoms with Crippen LogP contribution >= 0.6 is 0 Å². The molecule has 0 unspecified atom stereocenters. The molecule has 0 bridgehead atoms. The van der Waals surface area contributed by atoms with Crippen LogP contribution in [-0.4, -0.2) is 32.8 Å². The maximum absolute atomic E-state index is 12.1. The van der Waals surface area contributed by atoms with E-state index in [1.54, 1.807) is 33.3 Å². The van der Waals surface area contributed by atoms with Crippen molar-refractivity contribution in [3.8, 4) is 17.2 Å². The number of nitrogens with one attached hydrogen (secondary N) is 1. The van der Waals surface area contributed by atoms with E-state index in [9.17, 15) is 4.79 Å². The lowest BCUT2D eigenvalue weighted by Gasteiger charge is -2.16. The van der Waals surface area contributed by atoms with Crippen molar-refractivity contribution in [1.29, 1.82) is 0 Å². The molecule has 0 heterocycles. The zero-order valence-corrected chi connectivity index (χ0v) is 15.0. The average Bonchev–Trinajstić information content (AvgIpc) is 2.65. The van der Waals surface area contributed by atoms with Crippen molar-refractivity contribution >= 4 is 5.91 Å². The standard InChI is InChI=1S/C20H25NO4/c1-15(25-19-9-5-4-8-18(19)24-3)20(22)21-14-6-7-16-10-12-17(23-2)13-11-16/h4-5,8-13,15H,6-7,14H2,1-3H3,(H,21,22)/t15-/m0/s1. The Hall–Kier alpha value is -2.69. The molecule has 1 N–H and O–H groups in total. The Kier molecular flexibility index (Phi) is 7.14. The molecular weight excluding hydrogens is 318 g/mol. The maximum atomic E-state index is 12.1. The van der Waals surface area contributed by atoms with Gasteiger partial charge in [0.2, 0.25) is 0 Å². The number of carbonyl (C=O) groups excluding carboxylic acids is 1. The van der Waals surface area contributed by atoms with Gasteiger partial charge >= 0.3 is 0 Å². The summed E-state index contributed by atoms with van der Waals surface area (Å²) in [5, 5.41) is 2.90. The first-order chi connectivity index (χ1) is 12.1. The number of methoxy groups -OCH3 is 2. The van der Waals surface area contributed by atoms with Crippen LogP contribution in [0.3, 0.4) is 0 Å². The SMILES string of the molecule is COc1ccc(CCCNC(=O)[C@H](C)Oc2ccccc2OC)cc1. The number of rotatable bonds is 9. The molecule has 0 radical (unpaired) electrons. The van der Waals surface area contributed by atoms with Gasteiger partial charge in [0.1, 0.15) is 5.75 Å². The molecule has 0 fully saturated rings. The number of ether oxygens (including phenoxy) is 3. The van der Waals surface area contributed by atoms with Crippen LogP contribution in [0.4, 0.5) is 0 Å². The molecular formula is C20H25NO4. The third-order valence-corrected chi connectivity index (χ3v) is 3.84. The zero-order chi connectivity index (χ0) is 18.1. The highest BCUT2D eigenvalue weighted by Crippen LogP contribution is 2.26. The van der Waals surface area contributed by atoms with Gasteiger partial charge < -0.3 is 19.5 Å². The van der Waals surface area contributed by atoms with Gasteiger partial charge in [-0.15, -0.1) is 0 Å². The van der Waals surface area contributed by atoms with Gasteiger partial charge in [-0.1, -0.05) is 24.3 Å². The van der Waals surface area contributed by atoms with Gasteiger partial charge in [0.15, 0.2) is 17.6 Å². The van der Waals surface area contributed by atoms with E-state index in [1.165, 1.54) is 5.56 Å². The van der Waals surface area contributed by atoms with Crippen LogP contribution in [0.2, 0.25) is 0 Å². The molecule has 2 rings (SSSR count).